The molecule has 3 nitrogen and oxygen atoms in total. The normalized spacial score (nSPS) is 21.5. The largest absolute Gasteiger partial charge is 0.508 e. The maximum Gasteiger partial charge on any atom is 0.120 e. The molecule has 1 unspecified atom stereocenters. The van der Waals surface area contributed by atoms with Crippen molar-refractivity contribution in [2.24, 2.45) is 11.8 Å². The molecule has 2 rings (SSSR count). The van der Waals surface area contributed by atoms with E-state index in [-0.39, 0.29) is 0 Å². The first kappa shape index (κ1) is 14.2. The molecule has 106 valence electrons. The van der Waals surface area contributed by atoms with Crippen molar-refractivity contribution >= 4 is 5.69 Å². The molecular formula is C16H26N2O. The number of benzene rings is 1. The molecule has 0 radical (unpaired) electrons. The van der Waals surface area contributed by atoms with Crippen LogP contribution in [0.2, 0.25) is 0 Å². The first-order valence-corrected chi connectivity index (χ1v) is 7.36. The molecular weight excluding hydrogens is 236 g/mol. The van der Waals surface area contributed by atoms with E-state index < -0.39 is 0 Å². The maximum atomic E-state index is 9.89. The van der Waals surface area contributed by atoms with Gasteiger partial charge in [0.15, 0.2) is 0 Å². The Labute approximate surface area is 116 Å². The summed E-state index contributed by atoms with van der Waals surface area (Å²) in [6.45, 7) is 7.70. The second-order valence-corrected chi connectivity index (χ2v) is 6.10. The second kappa shape index (κ2) is 6.29. The van der Waals surface area contributed by atoms with Crippen molar-refractivity contribution in [3.63, 3.8) is 0 Å². The van der Waals surface area contributed by atoms with Crippen LogP contribution < -0.4 is 5.73 Å². The summed E-state index contributed by atoms with van der Waals surface area (Å²) in [5.41, 5.74) is 7.47. The summed E-state index contributed by atoms with van der Waals surface area (Å²) in [6, 6.07) is 5.33. The second-order valence-electron chi connectivity index (χ2n) is 6.10. The molecule has 1 aliphatic heterocycles. The van der Waals surface area contributed by atoms with E-state index in [4.69, 9.17) is 5.73 Å². The molecule has 0 amide bonds. The summed E-state index contributed by atoms with van der Waals surface area (Å²) in [6.07, 6.45) is 3.85. The molecule has 19 heavy (non-hydrogen) atoms. The summed E-state index contributed by atoms with van der Waals surface area (Å²) in [5.74, 6) is 1.99. The number of hydrogen-bond acceptors (Lipinski definition) is 3. The number of likely N-dealkylation sites (tertiary alicyclic amines) is 1. The van der Waals surface area contributed by atoms with E-state index in [1.54, 1.807) is 12.1 Å². The van der Waals surface area contributed by atoms with Gasteiger partial charge in [0.2, 0.25) is 0 Å². The third kappa shape index (κ3) is 3.87. The topological polar surface area (TPSA) is 49.5 Å². The fourth-order valence-corrected chi connectivity index (χ4v) is 2.98. The highest BCUT2D eigenvalue weighted by atomic mass is 16.3. The monoisotopic (exact) mass is 262 g/mol. The van der Waals surface area contributed by atoms with Gasteiger partial charge in [-0.25, -0.2) is 0 Å². The highest BCUT2D eigenvalue weighted by Crippen LogP contribution is 2.27. The van der Waals surface area contributed by atoms with Crippen molar-refractivity contribution in [2.75, 3.05) is 18.8 Å². The molecule has 1 heterocycles. The molecule has 3 heteroatoms. The van der Waals surface area contributed by atoms with Gasteiger partial charge in [-0.2, -0.15) is 0 Å². The third-order valence-corrected chi connectivity index (χ3v) is 4.31. The minimum absolute atomic E-state index is 0.360. The Kier molecular flexibility index (Phi) is 4.70. The SMILES string of the molecule is CC(C)C1CCCN(Cc2cc(N)ccc2O)CC1. The van der Waals surface area contributed by atoms with Crippen molar-refractivity contribution in [3.8, 4) is 5.75 Å². The van der Waals surface area contributed by atoms with Gasteiger partial charge in [-0.15, -0.1) is 0 Å². The van der Waals surface area contributed by atoms with E-state index in [1.807, 2.05) is 6.07 Å². The summed E-state index contributed by atoms with van der Waals surface area (Å²) < 4.78 is 0. The van der Waals surface area contributed by atoms with Crippen LogP contribution in [-0.4, -0.2) is 23.1 Å². The Balaban J connectivity index is 1.98. The molecule has 0 saturated carbocycles. The zero-order valence-electron chi connectivity index (χ0n) is 12.1. The molecule has 1 aromatic carbocycles. The molecule has 0 bridgehead atoms. The zero-order chi connectivity index (χ0) is 13.8. The smallest absolute Gasteiger partial charge is 0.120 e. The first-order valence-electron chi connectivity index (χ1n) is 7.36. The van der Waals surface area contributed by atoms with Gasteiger partial charge >= 0.3 is 0 Å². The van der Waals surface area contributed by atoms with E-state index in [0.29, 0.717) is 5.75 Å². The van der Waals surface area contributed by atoms with Gasteiger partial charge in [0.05, 0.1) is 0 Å². The summed E-state index contributed by atoms with van der Waals surface area (Å²) in [7, 11) is 0. The van der Waals surface area contributed by atoms with Crippen molar-refractivity contribution in [3.05, 3.63) is 23.8 Å². The van der Waals surface area contributed by atoms with Crippen molar-refractivity contribution in [2.45, 2.75) is 39.7 Å². The number of anilines is 1. The van der Waals surface area contributed by atoms with Crippen LogP contribution in [0.5, 0.6) is 5.75 Å². The van der Waals surface area contributed by atoms with Gasteiger partial charge < -0.3 is 10.8 Å². The standard InChI is InChI=1S/C16H26N2O/c1-12(2)13-4-3-8-18(9-7-13)11-14-10-15(17)5-6-16(14)19/h5-6,10,12-13,19H,3-4,7-9,11,17H2,1-2H3. The molecule has 1 aliphatic rings. The number of hydrogen-bond donors (Lipinski definition) is 2. The Morgan fingerprint density at radius 2 is 2.11 bits per heavy atom. The Morgan fingerprint density at radius 3 is 2.84 bits per heavy atom. The molecule has 1 aromatic rings. The number of rotatable bonds is 3. The van der Waals surface area contributed by atoms with Gasteiger partial charge in [-0.1, -0.05) is 13.8 Å². The van der Waals surface area contributed by atoms with Crippen LogP contribution in [0.25, 0.3) is 0 Å². The van der Waals surface area contributed by atoms with Crippen LogP contribution >= 0.6 is 0 Å². The van der Waals surface area contributed by atoms with Gasteiger partial charge in [0.25, 0.3) is 0 Å². The van der Waals surface area contributed by atoms with E-state index in [0.717, 1.165) is 42.7 Å². The van der Waals surface area contributed by atoms with E-state index in [2.05, 4.69) is 18.7 Å². The minimum atomic E-state index is 0.360. The van der Waals surface area contributed by atoms with E-state index in [9.17, 15) is 5.11 Å². The lowest BCUT2D eigenvalue weighted by atomic mass is 9.89. The average molecular weight is 262 g/mol. The highest BCUT2D eigenvalue weighted by molar-refractivity contribution is 5.47. The van der Waals surface area contributed by atoms with Crippen LogP contribution in [0.3, 0.4) is 0 Å². The number of aromatic hydroxyl groups is 1. The summed E-state index contributed by atoms with van der Waals surface area (Å²) in [5, 5.41) is 9.89. The minimum Gasteiger partial charge on any atom is -0.508 e. The molecule has 1 saturated heterocycles. The quantitative estimate of drug-likeness (QED) is 0.649. The lowest BCUT2D eigenvalue weighted by molar-refractivity contribution is 0.261. The summed E-state index contributed by atoms with van der Waals surface area (Å²) >= 11 is 0. The average Bonchev–Trinajstić information content (AvgIpc) is 2.59. The Morgan fingerprint density at radius 1 is 1.32 bits per heavy atom. The summed E-state index contributed by atoms with van der Waals surface area (Å²) in [4.78, 5) is 2.44. The van der Waals surface area contributed by atoms with E-state index >= 15 is 0 Å². The van der Waals surface area contributed by atoms with Gasteiger partial charge in [0.1, 0.15) is 5.75 Å². The maximum absolute atomic E-state index is 9.89. The Bertz CT molecular complexity index is 417. The van der Waals surface area contributed by atoms with Gasteiger partial charge in [0, 0.05) is 17.8 Å². The lowest BCUT2D eigenvalue weighted by Gasteiger charge is -2.21. The lowest BCUT2D eigenvalue weighted by Crippen LogP contribution is -2.24. The zero-order valence-corrected chi connectivity index (χ0v) is 12.1. The molecule has 1 fully saturated rings. The van der Waals surface area contributed by atoms with Crippen LogP contribution in [0, 0.1) is 11.8 Å². The van der Waals surface area contributed by atoms with Gasteiger partial charge in [-0.05, 0) is 62.4 Å². The Hall–Kier alpha value is -1.22. The van der Waals surface area contributed by atoms with Crippen molar-refractivity contribution in [1.29, 1.82) is 0 Å². The molecule has 1 atom stereocenters. The van der Waals surface area contributed by atoms with Crippen LogP contribution in [0.4, 0.5) is 5.69 Å². The van der Waals surface area contributed by atoms with Crippen molar-refractivity contribution < 1.29 is 5.11 Å². The highest BCUT2D eigenvalue weighted by Gasteiger charge is 2.20. The number of nitrogens with zero attached hydrogens (tertiary/aromatic N) is 1. The van der Waals surface area contributed by atoms with Crippen LogP contribution in [-0.2, 0) is 6.54 Å². The van der Waals surface area contributed by atoms with Crippen LogP contribution in [0.1, 0.15) is 38.7 Å². The third-order valence-electron chi connectivity index (χ3n) is 4.31. The van der Waals surface area contributed by atoms with Crippen LogP contribution in [0.15, 0.2) is 18.2 Å². The predicted molar refractivity (Wildman–Crippen MR) is 80.0 cm³/mol. The number of nitrogens with two attached hydrogens (primary N) is 1. The number of phenols is 1. The molecule has 0 aromatic heterocycles. The number of nitrogen functional groups attached to an aromatic ring is 1. The fourth-order valence-electron chi connectivity index (χ4n) is 2.98. The van der Waals surface area contributed by atoms with Crippen molar-refractivity contribution in [1.82, 2.24) is 4.90 Å². The molecule has 0 aliphatic carbocycles. The number of phenolic OH excluding ortho intramolecular Hbond substituents is 1. The predicted octanol–water partition coefficient (Wildman–Crippen LogP) is 3.23. The first-order chi connectivity index (χ1) is 9.06. The molecule has 0 spiro atoms. The van der Waals surface area contributed by atoms with E-state index in [1.165, 1.54) is 19.3 Å². The van der Waals surface area contributed by atoms with Gasteiger partial charge in [-0.3, -0.25) is 4.90 Å². The molecule has 3 N–H and O–H groups in total. The fraction of sp³-hybridized carbons (Fsp3) is 0.625.